The molecule has 0 saturated heterocycles. The highest BCUT2D eigenvalue weighted by Crippen LogP contribution is 2.37. The van der Waals surface area contributed by atoms with Gasteiger partial charge >= 0.3 is 0 Å². The van der Waals surface area contributed by atoms with Crippen molar-refractivity contribution < 1.29 is 0 Å². The number of hydrogen-bond donors (Lipinski definition) is 0. The first-order chi connectivity index (χ1) is 19.2. The molecular formula is C39H55N. The summed E-state index contributed by atoms with van der Waals surface area (Å²) in [5, 5.41) is 5.12. The van der Waals surface area contributed by atoms with Crippen molar-refractivity contribution in [3.63, 3.8) is 0 Å². The minimum atomic E-state index is 0.814. The predicted molar refractivity (Wildman–Crippen MR) is 188 cm³/mol. The van der Waals surface area contributed by atoms with E-state index in [9.17, 15) is 0 Å². The number of hydrogen-bond acceptors (Lipinski definition) is 1. The van der Waals surface area contributed by atoms with Crippen LogP contribution in [0.1, 0.15) is 97.9 Å². The summed E-state index contributed by atoms with van der Waals surface area (Å²) in [5.74, 6) is 0. The fraction of sp³-hybridized carbons (Fsp3) is 0.359. The van der Waals surface area contributed by atoms with Gasteiger partial charge in [0.25, 0.3) is 0 Å². The second kappa shape index (κ2) is 19.6. The maximum absolute atomic E-state index is 4.39. The van der Waals surface area contributed by atoms with Crippen molar-refractivity contribution in [3.05, 3.63) is 113 Å². The van der Waals surface area contributed by atoms with E-state index in [1.807, 2.05) is 67.0 Å². The van der Waals surface area contributed by atoms with Gasteiger partial charge in [-0.2, -0.15) is 0 Å². The summed E-state index contributed by atoms with van der Waals surface area (Å²) in [5.41, 5.74) is 9.56. The lowest BCUT2D eigenvalue weighted by Crippen LogP contribution is -1.95. The van der Waals surface area contributed by atoms with Crippen molar-refractivity contribution in [3.8, 4) is 0 Å². The second-order valence-electron chi connectivity index (χ2n) is 9.45. The van der Waals surface area contributed by atoms with E-state index in [0.717, 1.165) is 36.0 Å². The summed E-state index contributed by atoms with van der Waals surface area (Å²) < 4.78 is 0. The van der Waals surface area contributed by atoms with Gasteiger partial charge in [-0.05, 0) is 96.3 Å². The maximum Gasteiger partial charge on any atom is 0.0256 e. The third-order valence-corrected chi connectivity index (χ3v) is 6.04. The van der Waals surface area contributed by atoms with E-state index in [4.69, 9.17) is 0 Å². The lowest BCUT2D eigenvalue weighted by Gasteiger charge is -2.17. The van der Waals surface area contributed by atoms with Gasteiger partial charge in [0, 0.05) is 12.4 Å². The van der Waals surface area contributed by atoms with Crippen molar-refractivity contribution in [2.45, 2.75) is 95.4 Å². The van der Waals surface area contributed by atoms with Gasteiger partial charge in [-0.3, -0.25) is 4.99 Å². The SMILES string of the molecule is C=C(C)/C=C\C(=C)Cc1ccc2c(C)c3ccc(C/C(C)=C/N=CCC)cc3c(C(=C)C)c2c1.CC.CC.CC. The van der Waals surface area contributed by atoms with Crippen LogP contribution in [0.3, 0.4) is 0 Å². The molecule has 3 aromatic rings. The molecular weight excluding hydrogens is 482 g/mol. The van der Waals surface area contributed by atoms with Crippen LogP contribution in [0.4, 0.5) is 0 Å². The highest BCUT2D eigenvalue weighted by atomic mass is 14.7. The normalized spacial score (nSPS) is 10.9. The summed E-state index contributed by atoms with van der Waals surface area (Å²) in [4.78, 5) is 4.39. The molecule has 0 aromatic heterocycles. The zero-order chi connectivity index (χ0) is 30.8. The van der Waals surface area contributed by atoms with E-state index >= 15 is 0 Å². The largest absolute Gasteiger partial charge is 0.269 e. The fourth-order valence-corrected chi connectivity index (χ4v) is 4.45. The molecule has 0 heterocycles. The van der Waals surface area contributed by atoms with Crippen LogP contribution >= 0.6 is 0 Å². The third-order valence-electron chi connectivity index (χ3n) is 6.04. The van der Waals surface area contributed by atoms with E-state index in [-0.39, 0.29) is 0 Å². The van der Waals surface area contributed by atoms with Crippen molar-refractivity contribution in [2.24, 2.45) is 4.99 Å². The Morgan fingerprint density at radius 1 is 0.725 bits per heavy atom. The first kappa shape index (κ1) is 36.6. The number of nitrogens with zero attached hydrogens (tertiary/aromatic N) is 1. The van der Waals surface area contributed by atoms with Gasteiger partial charge in [-0.25, -0.2) is 0 Å². The van der Waals surface area contributed by atoms with Crippen LogP contribution in [-0.4, -0.2) is 6.21 Å². The van der Waals surface area contributed by atoms with Crippen LogP contribution < -0.4 is 0 Å². The standard InChI is InChI=1S/C33H37N.3C2H6/c1-9-16-34-21-25(7)18-28-13-15-30-26(8)29-14-12-27(17-24(6)11-10-22(2)3)19-31(29)33(23(4)5)32(30)20-28;3*1-2/h10-16,19-21H,2,4,6,9,17-18H2,1,3,5,7-8H3;3*1-2H3/b11-10-,25-21+,34-16?;;;. The Hall–Kier alpha value is -3.45. The molecule has 0 saturated carbocycles. The van der Waals surface area contributed by atoms with E-state index in [2.05, 4.69) is 94.9 Å². The van der Waals surface area contributed by atoms with Gasteiger partial charge in [0.15, 0.2) is 0 Å². The average Bonchev–Trinajstić information content (AvgIpc) is 2.95. The number of aryl methyl sites for hydroxylation is 1. The van der Waals surface area contributed by atoms with Crippen LogP contribution in [0.15, 0.2) is 96.2 Å². The Balaban J connectivity index is 0.00000237. The van der Waals surface area contributed by atoms with Gasteiger partial charge < -0.3 is 0 Å². The van der Waals surface area contributed by atoms with Gasteiger partial charge in [-0.15, -0.1) is 0 Å². The molecule has 0 bridgehead atoms. The molecule has 1 heteroatoms. The van der Waals surface area contributed by atoms with Crippen molar-refractivity contribution >= 4 is 33.3 Å². The van der Waals surface area contributed by atoms with Gasteiger partial charge in [0.2, 0.25) is 0 Å². The van der Waals surface area contributed by atoms with Gasteiger partial charge in [0.1, 0.15) is 0 Å². The lowest BCUT2D eigenvalue weighted by atomic mass is 9.87. The van der Waals surface area contributed by atoms with Crippen molar-refractivity contribution in [1.29, 1.82) is 0 Å². The average molecular weight is 538 g/mol. The Morgan fingerprint density at radius 2 is 1.23 bits per heavy atom. The van der Waals surface area contributed by atoms with E-state index in [1.54, 1.807) is 0 Å². The highest BCUT2D eigenvalue weighted by molar-refractivity contribution is 6.11. The van der Waals surface area contributed by atoms with Crippen LogP contribution in [0.25, 0.3) is 27.1 Å². The molecule has 0 radical (unpaired) electrons. The fourth-order valence-electron chi connectivity index (χ4n) is 4.45. The summed E-state index contributed by atoms with van der Waals surface area (Å²) in [6.07, 6.45) is 10.6. The molecule has 0 amide bonds. The quantitative estimate of drug-likeness (QED) is 0.146. The summed E-state index contributed by atoms with van der Waals surface area (Å²) >= 11 is 0. The molecule has 0 N–H and O–H groups in total. The van der Waals surface area contributed by atoms with Gasteiger partial charge in [0.05, 0.1) is 0 Å². The molecule has 0 unspecified atom stereocenters. The number of fused-ring (bicyclic) bond motifs is 2. The number of benzene rings is 3. The minimum Gasteiger partial charge on any atom is -0.269 e. The van der Waals surface area contributed by atoms with E-state index in [0.29, 0.717) is 0 Å². The minimum absolute atomic E-state index is 0.814. The van der Waals surface area contributed by atoms with E-state index in [1.165, 1.54) is 49.4 Å². The molecule has 0 spiro atoms. The van der Waals surface area contributed by atoms with Crippen molar-refractivity contribution in [1.82, 2.24) is 0 Å². The number of allylic oxidation sites excluding steroid dienone is 6. The third kappa shape index (κ3) is 10.6. The number of rotatable bonds is 9. The first-order valence-electron chi connectivity index (χ1n) is 15.0. The molecule has 0 aliphatic rings. The van der Waals surface area contributed by atoms with Crippen LogP contribution in [0.2, 0.25) is 0 Å². The number of aliphatic imine (C=N–C) groups is 1. The van der Waals surface area contributed by atoms with Crippen LogP contribution in [0, 0.1) is 6.92 Å². The molecule has 0 atom stereocenters. The molecule has 1 nitrogen and oxygen atoms in total. The Kier molecular flexibility index (Phi) is 17.9. The molecule has 0 aliphatic carbocycles. The first-order valence-corrected chi connectivity index (χ1v) is 15.0. The summed E-state index contributed by atoms with van der Waals surface area (Å²) in [6, 6.07) is 13.7. The molecule has 3 rings (SSSR count). The Labute approximate surface area is 246 Å². The van der Waals surface area contributed by atoms with E-state index < -0.39 is 0 Å². The Bertz CT molecular complexity index is 1360. The van der Waals surface area contributed by atoms with Gasteiger partial charge in [-0.1, -0.05) is 133 Å². The molecule has 3 aromatic carbocycles. The molecule has 0 fully saturated rings. The second-order valence-corrected chi connectivity index (χ2v) is 9.45. The maximum atomic E-state index is 4.39. The topological polar surface area (TPSA) is 12.4 Å². The molecule has 0 aliphatic heterocycles. The summed E-state index contributed by atoms with van der Waals surface area (Å²) in [7, 11) is 0. The molecule has 40 heavy (non-hydrogen) atoms. The zero-order valence-electron chi connectivity index (χ0n) is 27.5. The predicted octanol–water partition coefficient (Wildman–Crippen LogP) is 12.6. The lowest BCUT2D eigenvalue weighted by molar-refractivity contribution is 1.13. The molecule has 216 valence electrons. The monoisotopic (exact) mass is 537 g/mol. The van der Waals surface area contributed by atoms with Crippen LogP contribution in [0.5, 0.6) is 0 Å². The zero-order valence-corrected chi connectivity index (χ0v) is 27.5. The summed E-state index contributed by atoms with van der Waals surface area (Å²) in [6.45, 7) is 35.1. The highest BCUT2D eigenvalue weighted by Gasteiger charge is 2.14. The van der Waals surface area contributed by atoms with Crippen LogP contribution in [-0.2, 0) is 12.8 Å². The Morgan fingerprint density at radius 3 is 1.68 bits per heavy atom. The smallest absolute Gasteiger partial charge is 0.0256 e. The van der Waals surface area contributed by atoms with Crippen molar-refractivity contribution in [2.75, 3.05) is 0 Å².